The molecule has 3 heteroatoms. The fourth-order valence-corrected chi connectivity index (χ4v) is 16.2. The highest BCUT2D eigenvalue weighted by molar-refractivity contribution is 7.19. The minimum Gasteiger partial charge on any atom is -0.309 e. The van der Waals surface area contributed by atoms with Gasteiger partial charge in [0.15, 0.2) is 8.07 Å². The Morgan fingerprint density at radius 1 is 0.323 bits per heavy atom. The van der Waals surface area contributed by atoms with Gasteiger partial charge in [-0.2, -0.15) is 0 Å². The molecule has 0 atom stereocenters. The maximum absolute atomic E-state index is 2.81. The second kappa shape index (κ2) is 14.9. The molecule has 1 aliphatic carbocycles. The fourth-order valence-electron chi connectivity index (χ4n) is 11.5. The topological polar surface area (TPSA) is 9.86 Å². The molecule has 0 spiro atoms. The molecule has 11 aromatic rings. The van der Waals surface area contributed by atoms with E-state index in [9.17, 15) is 0 Å². The van der Waals surface area contributed by atoms with E-state index in [4.69, 9.17) is 0 Å². The van der Waals surface area contributed by atoms with Gasteiger partial charge in [-0.15, -0.1) is 0 Å². The first-order chi connectivity index (χ1) is 31.7. The smallest absolute Gasteiger partial charge is 0.179 e. The summed E-state index contributed by atoms with van der Waals surface area (Å²) in [4.78, 5) is 0. The lowest BCUT2D eigenvalue weighted by atomic mass is 9.63. The van der Waals surface area contributed by atoms with Gasteiger partial charge in [-0.05, 0) is 121 Å². The van der Waals surface area contributed by atoms with Gasteiger partial charge >= 0.3 is 0 Å². The second-order valence-corrected chi connectivity index (χ2v) is 23.4. The number of hydrogen-bond donors (Lipinski definition) is 0. The van der Waals surface area contributed by atoms with Crippen molar-refractivity contribution in [3.05, 3.63) is 230 Å². The zero-order chi connectivity index (χ0) is 43.9. The predicted molar refractivity (Wildman–Crippen MR) is 279 cm³/mol. The summed E-state index contributed by atoms with van der Waals surface area (Å²) in [5, 5.41) is 10.7. The van der Waals surface area contributed by atoms with Gasteiger partial charge in [0.2, 0.25) is 0 Å². The van der Waals surface area contributed by atoms with Crippen molar-refractivity contribution in [2.75, 3.05) is 0 Å². The van der Waals surface area contributed by atoms with E-state index >= 15 is 0 Å². The molecular weight excluding hydrogens is 801 g/mol. The Balaban J connectivity index is 1.04. The first-order valence-electron chi connectivity index (χ1n) is 23.2. The Morgan fingerprint density at radius 2 is 0.769 bits per heavy atom. The van der Waals surface area contributed by atoms with Gasteiger partial charge in [-0.1, -0.05) is 191 Å². The number of rotatable bonds is 7. The van der Waals surface area contributed by atoms with Crippen molar-refractivity contribution in [1.82, 2.24) is 9.13 Å². The molecule has 0 saturated heterocycles. The Bertz CT molecular complexity index is 3540. The summed E-state index contributed by atoms with van der Waals surface area (Å²) in [6, 6.07) is 82.5. The van der Waals surface area contributed by atoms with E-state index in [-0.39, 0.29) is 10.8 Å². The van der Waals surface area contributed by atoms with E-state index in [1.807, 2.05) is 0 Å². The third-order valence-corrected chi connectivity index (χ3v) is 19.7. The van der Waals surface area contributed by atoms with Crippen LogP contribution in [-0.4, -0.2) is 17.2 Å². The van der Waals surface area contributed by atoms with Crippen LogP contribution in [0.25, 0.3) is 66.1 Å². The average molecular weight is 853 g/mol. The predicted octanol–water partition coefficient (Wildman–Crippen LogP) is 13.3. The van der Waals surface area contributed by atoms with Gasteiger partial charge in [0.25, 0.3) is 0 Å². The molecule has 2 nitrogen and oxygen atoms in total. The largest absolute Gasteiger partial charge is 0.309 e. The van der Waals surface area contributed by atoms with Crippen LogP contribution in [0.15, 0.2) is 218 Å². The van der Waals surface area contributed by atoms with E-state index in [0.29, 0.717) is 0 Å². The minimum atomic E-state index is -2.81. The lowest BCUT2D eigenvalue weighted by molar-refractivity contribution is 0.332. The second-order valence-electron chi connectivity index (χ2n) is 19.6. The summed E-state index contributed by atoms with van der Waals surface area (Å²) in [7, 11) is -2.81. The lowest BCUT2D eigenvalue weighted by Gasteiger charge is -2.43. The van der Waals surface area contributed by atoms with E-state index in [0.717, 1.165) is 5.69 Å². The summed E-state index contributed by atoms with van der Waals surface area (Å²) >= 11 is 0. The standard InChI is InChI=1S/C62H52N2Si/c1-61(2)38-39-62(3,4)56-42-50(34-36-55(56)61)65(47-20-10-6-11-21-47,48-22-12-7-13-23-48)49-32-30-46(31-33-49)64-57-26-16-14-24-51(57)53-35-28-44(41-60(53)64)43-29-37-59-54(40-43)52-25-15-17-27-58(52)63(59)45-18-8-5-9-19-45/h5-37,40-42H,38-39H2,1-4H3. The molecule has 0 aliphatic heterocycles. The van der Waals surface area contributed by atoms with Crippen LogP contribution in [0.4, 0.5) is 0 Å². The van der Waals surface area contributed by atoms with Crippen molar-refractivity contribution in [2.24, 2.45) is 0 Å². The summed E-state index contributed by atoms with van der Waals surface area (Å²) in [5.41, 5.74) is 12.8. The van der Waals surface area contributed by atoms with Crippen LogP contribution in [0.1, 0.15) is 51.7 Å². The normalized spacial score (nSPS) is 14.6. The van der Waals surface area contributed by atoms with Crippen LogP contribution in [-0.2, 0) is 10.8 Å². The number of fused-ring (bicyclic) bond motifs is 7. The molecule has 12 rings (SSSR count). The van der Waals surface area contributed by atoms with Crippen molar-refractivity contribution in [3.63, 3.8) is 0 Å². The molecule has 65 heavy (non-hydrogen) atoms. The van der Waals surface area contributed by atoms with Gasteiger partial charge in [0, 0.05) is 32.9 Å². The number of benzene rings is 9. The highest BCUT2D eigenvalue weighted by atomic mass is 28.3. The first kappa shape index (κ1) is 39.4. The SMILES string of the molecule is CC1(C)CCC(C)(C)c2cc([Si](c3ccccc3)(c3ccccc3)c3ccc(-n4c5ccccc5c5ccc(-c6ccc7c(c6)c6ccccc6n7-c6ccccc6)cc54)cc3)ccc21. The quantitative estimate of drug-likeness (QED) is 0.112. The molecule has 0 unspecified atom stereocenters. The van der Waals surface area contributed by atoms with Gasteiger partial charge in [0.1, 0.15) is 0 Å². The third-order valence-electron chi connectivity index (χ3n) is 15.0. The Kier molecular flexibility index (Phi) is 9.05. The highest BCUT2D eigenvalue weighted by Crippen LogP contribution is 2.45. The van der Waals surface area contributed by atoms with E-state index < -0.39 is 8.07 Å². The highest BCUT2D eigenvalue weighted by Gasteiger charge is 2.44. The van der Waals surface area contributed by atoms with Gasteiger partial charge in [0.05, 0.1) is 22.1 Å². The molecule has 2 aromatic heterocycles. The zero-order valence-corrected chi connectivity index (χ0v) is 38.6. The molecule has 1 aliphatic rings. The molecule has 0 N–H and O–H groups in total. The Labute approximate surface area is 383 Å². The molecule has 9 aromatic carbocycles. The van der Waals surface area contributed by atoms with E-state index in [1.54, 1.807) is 0 Å². The van der Waals surface area contributed by atoms with Gasteiger partial charge < -0.3 is 9.13 Å². The van der Waals surface area contributed by atoms with Crippen molar-refractivity contribution in [3.8, 4) is 22.5 Å². The van der Waals surface area contributed by atoms with Gasteiger partial charge in [-0.3, -0.25) is 0 Å². The Hall–Kier alpha value is -7.20. The number of hydrogen-bond acceptors (Lipinski definition) is 0. The monoisotopic (exact) mass is 852 g/mol. The summed E-state index contributed by atoms with van der Waals surface area (Å²) in [5.74, 6) is 0. The van der Waals surface area contributed by atoms with Crippen LogP contribution in [0.5, 0.6) is 0 Å². The lowest BCUT2D eigenvalue weighted by Crippen LogP contribution is -2.74. The number of nitrogens with zero attached hydrogens (tertiary/aromatic N) is 2. The maximum atomic E-state index is 2.63. The van der Waals surface area contributed by atoms with Crippen LogP contribution in [0, 0.1) is 0 Å². The van der Waals surface area contributed by atoms with Crippen molar-refractivity contribution >= 4 is 72.4 Å². The molecule has 0 saturated carbocycles. The molecular formula is C62H52N2Si. The first-order valence-corrected chi connectivity index (χ1v) is 25.2. The Morgan fingerprint density at radius 3 is 1.42 bits per heavy atom. The van der Waals surface area contributed by atoms with Crippen LogP contribution >= 0.6 is 0 Å². The maximum Gasteiger partial charge on any atom is 0.179 e. The van der Waals surface area contributed by atoms with Crippen molar-refractivity contribution < 1.29 is 0 Å². The molecule has 2 heterocycles. The van der Waals surface area contributed by atoms with Crippen LogP contribution < -0.4 is 20.7 Å². The van der Waals surface area contributed by atoms with E-state index in [1.165, 1.54) is 105 Å². The zero-order valence-electron chi connectivity index (χ0n) is 37.6. The van der Waals surface area contributed by atoms with Crippen molar-refractivity contribution in [2.45, 2.75) is 51.4 Å². The number of para-hydroxylation sites is 3. The van der Waals surface area contributed by atoms with E-state index in [2.05, 4.69) is 255 Å². The van der Waals surface area contributed by atoms with Gasteiger partial charge in [-0.25, -0.2) is 0 Å². The van der Waals surface area contributed by atoms with Crippen LogP contribution in [0.3, 0.4) is 0 Å². The molecule has 0 radical (unpaired) electrons. The van der Waals surface area contributed by atoms with Crippen molar-refractivity contribution in [1.29, 1.82) is 0 Å². The summed E-state index contributed by atoms with van der Waals surface area (Å²) in [6.45, 7) is 9.77. The number of aromatic nitrogens is 2. The fraction of sp³-hybridized carbons (Fsp3) is 0.129. The van der Waals surface area contributed by atoms with Crippen LogP contribution in [0.2, 0.25) is 0 Å². The molecule has 0 amide bonds. The molecule has 0 bridgehead atoms. The molecule has 314 valence electrons. The minimum absolute atomic E-state index is 0.0976. The summed E-state index contributed by atoms with van der Waals surface area (Å²) < 4.78 is 4.87. The third kappa shape index (κ3) is 6.13. The molecule has 0 fully saturated rings. The average Bonchev–Trinajstić information content (AvgIpc) is 3.87. The summed E-state index contributed by atoms with van der Waals surface area (Å²) in [6.07, 6.45) is 2.39.